The summed E-state index contributed by atoms with van der Waals surface area (Å²) in [5.41, 5.74) is 0.331. The smallest absolute Gasteiger partial charge is 0.156 e. The fourth-order valence-electron chi connectivity index (χ4n) is 2.23. The minimum absolute atomic E-state index is 0.331. The van der Waals surface area contributed by atoms with E-state index in [9.17, 15) is 0 Å². The van der Waals surface area contributed by atoms with Gasteiger partial charge in [-0.15, -0.1) is 0 Å². The fraction of sp³-hybridized carbons (Fsp3) is 0.923. The molecule has 0 amide bonds. The normalized spacial score (nSPS) is 29.4. The summed E-state index contributed by atoms with van der Waals surface area (Å²) in [6.45, 7) is 5.83. The molecule has 0 bridgehead atoms. The Morgan fingerprint density at radius 3 is 3.00 bits per heavy atom. The Hall–Kier alpha value is -0.260. The van der Waals surface area contributed by atoms with Crippen LogP contribution in [0.4, 0.5) is 0 Å². The second kappa shape index (κ2) is 6.78. The molecule has 0 aromatic heterocycles. The van der Waals surface area contributed by atoms with E-state index in [0.717, 1.165) is 56.5 Å². The molecule has 0 aromatic rings. The summed E-state index contributed by atoms with van der Waals surface area (Å²) < 4.78 is 10.5. The molecule has 2 saturated heterocycles. The largest absolute Gasteiger partial charge is 0.385 e. The van der Waals surface area contributed by atoms with Gasteiger partial charge in [-0.1, -0.05) is 18.7 Å². The maximum Gasteiger partial charge on any atom is 0.156 e. The average Bonchev–Trinajstić information content (AvgIpc) is 2.83. The van der Waals surface area contributed by atoms with Crippen molar-refractivity contribution in [2.75, 3.05) is 39.2 Å². The van der Waals surface area contributed by atoms with Crippen LogP contribution in [0.3, 0.4) is 0 Å². The number of hydrogen-bond acceptors (Lipinski definition) is 4. The van der Waals surface area contributed by atoms with Crippen molar-refractivity contribution in [3.63, 3.8) is 0 Å². The highest BCUT2D eigenvalue weighted by Crippen LogP contribution is 2.30. The van der Waals surface area contributed by atoms with Crippen molar-refractivity contribution in [3.8, 4) is 0 Å². The highest BCUT2D eigenvalue weighted by atomic mass is 32.2. The minimum Gasteiger partial charge on any atom is -0.385 e. The Labute approximate surface area is 114 Å². The van der Waals surface area contributed by atoms with Gasteiger partial charge in [0.1, 0.15) is 0 Å². The first-order valence-electron chi connectivity index (χ1n) is 6.72. The predicted molar refractivity (Wildman–Crippen MR) is 76.3 cm³/mol. The molecule has 0 aliphatic carbocycles. The van der Waals surface area contributed by atoms with Crippen molar-refractivity contribution < 1.29 is 9.47 Å². The summed E-state index contributed by atoms with van der Waals surface area (Å²) in [6.07, 6.45) is 3.32. The summed E-state index contributed by atoms with van der Waals surface area (Å²) in [6, 6.07) is 0.524. The third-order valence-corrected chi connectivity index (χ3v) is 4.81. The highest BCUT2D eigenvalue weighted by molar-refractivity contribution is 8.14. The van der Waals surface area contributed by atoms with Gasteiger partial charge in [0.25, 0.3) is 0 Å². The highest BCUT2D eigenvalue weighted by Gasteiger charge is 2.28. The molecule has 0 saturated carbocycles. The molecule has 0 spiro atoms. The Kier molecular flexibility index (Phi) is 5.33. The molecule has 4 nitrogen and oxygen atoms in total. The minimum atomic E-state index is 0.331. The second-order valence-electron chi connectivity index (χ2n) is 5.48. The summed E-state index contributed by atoms with van der Waals surface area (Å²) in [5, 5.41) is 4.60. The first-order valence-corrected chi connectivity index (χ1v) is 7.71. The number of nitrogens with one attached hydrogen (secondary N) is 1. The van der Waals surface area contributed by atoms with Gasteiger partial charge in [-0.3, -0.25) is 4.99 Å². The van der Waals surface area contributed by atoms with E-state index in [1.165, 1.54) is 0 Å². The van der Waals surface area contributed by atoms with E-state index in [1.54, 1.807) is 7.11 Å². The molecule has 1 N–H and O–H groups in total. The van der Waals surface area contributed by atoms with Gasteiger partial charge in [-0.2, -0.15) is 0 Å². The van der Waals surface area contributed by atoms with Gasteiger partial charge in [0.05, 0.1) is 0 Å². The lowest BCUT2D eigenvalue weighted by atomic mass is 9.83. The summed E-state index contributed by atoms with van der Waals surface area (Å²) in [7, 11) is 1.75. The lowest BCUT2D eigenvalue weighted by Gasteiger charge is -2.31. The van der Waals surface area contributed by atoms with Crippen LogP contribution < -0.4 is 5.32 Å². The van der Waals surface area contributed by atoms with Crippen molar-refractivity contribution in [2.45, 2.75) is 32.2 Å². The van der Waals surface area contributed by atoms with E-state index in [0.29, 0.717) is 11.5 Å². The van der Waals surface area contributed by atoms with Crippen LogP contribution in [0.25, 0.3) is 0 Å². The number of amidine groups is 1. The van der Waals surface area contributed by atoms with Gasteiger partial charge >= 0.3 is 0 Å². The molecule has 1 atom stereocenters. The zero-order chi connectivity index (χ0) is 12.8. The molecular weight excluding hydrogens is 248 g/mol. The lowest BCUT2D eigenvalue weighted by Crippen LogP contribution is -2.31. The number of aliphatic imine (C=N–C) groups is 1. The van der Waals surface area contributed by atoms with E-state index in [1.807, 2.05) is 11.8 Å². The zero-order valence-corrected chi connectivity index (χ0v) is 12.2. The number of nitrogens with zero attached hydrogens (tertiary/aromatic N) is 1. The van der Waals surface area contributed by atoms with Crippen LogP contribution >= 0.6 is 11.8 Å². The SMILES string of the molecule is COCCC1CSC(=NCC2(C)CCOCC2)N1. The van der Waals surface area contributed by atoms with Gasteiger partial charge in [0, 0.05) is 45.3 Å². The zero-order valence-electron chi connectivity index (χ0n) is 11.4. The van der Waals surface area contributed by atoms with Gasteiger partial charge in [0.15, 0.2) is 5.17 Å². The Balaban J connectivity index is 1.76. The fourth-order valence-corrected chi connectivity index (χ4v) is 3.24. The molecular formula is C13H24N2O2S. The van der Waals surface area contributed by atoms with Crippen molar-refractivity contribution in [2.24, 2.45) is 10.4 Å². The van der Waals surface area contributed by atoms with Crippen LogP contribution in [0.5, 0.6) is 0 Å². The van der Waals surface area contributed by atoms with E-state index in [-0.39, 0.29) is 0 Å². The Bertz CT molecular complexity index is 291. The average molecular weight is 272 g/mol. The first-order chi connectivity index (χ1) is 8.72. The summed E-state index contributed by atoms with van der Waals surface area (Å²) in [5.74, 6) is 1.11. The number of hydrogen-bond donors (Lipinski definition) is 1. The molecule has 2 rings (SSSR count). The number of thioether (sulfide) groups is 1. The van der Waals surface area contributed by atoms with E-state index in [2.05, 4.69) is 12.2 Å². The third kappa shape index (κ3) is 4.14. The van der Waals surface area contributed by atoms with Crippen molar-refractivity contribution >= 4 is 16.9 Å². The molecule has 2 aliphatic heterocycles. The monoisotopic (exact) mass is 272 g/mol. The molecule has 104 valence electrons. The van der Waals surface area contributed by atoms with Crippen LogP contribution in [0, 0.1) is 5.41 Å². The molecule has 2 fully saturated rings. The van der Waals surface area contributed by atoms with Crippen LogP contribution in [0.1, 0.15) is 26.2 Å². The van der Waals surface area contributed by atoms with Gasteiger partial charge in [-0.25, -0.2) is 0 Å². The maximum atomic E-state index is 5.41. The summed E-state index contributed by atoms with van der Waals surface area (Å²) >= 11 is 1.84. The topological polar surface area (TPSA) is 42.9 Å². The third-order valence-electron chi connectivity index (χ3n) is 3.72. The van der Waals surface area contributed by atoms with Crippen LogP contribution in [-0.4, -0.2) is 50.4 Å². The number of ether oxygens (including phenoxy) is 2. The molecule has 2 aliphatic rings. The van der Waals surface area contributed by atoms with E-state index in [4.69, 9.17) is 14.5 Å². The standard InChI is InChI=1S/C13H24N2O2S/c1-13(4-7-17-8-5-13)10-14-12-15-11(9-18-12)3-6-16-2/h11H,3-10H2,1-2H3,(H,14,15). The van der Waals surface area contributed by atoms with Crippen LogP contribution in [0.2, 0.25) is 0 Å². The predicted octanol–water partition coefficient (Wildman–Crippen LogP) is 1.90. The molecule has 2 heterocycles. The van der Waals surface area contributed by atoms with Crippen molar-refractivity contribution in [1.29, 1.82) is 0 Å². The molecule has 1 unspecified atom stereocenters. The van der Waals surface area contributed by atoms with Crippen molar-refractivity contribution in [1.82, 2.24) is 5.32 Å². The number of methoxy groups -OCH3 is 1. The first kappa shape index (κ1) is 14.2. The van der Waals surface area contributed by atoms with E-state index < -0.39 is 0 Å². The van der Waals surface area contributed by atoms with Gasteiger partial charge in [0.2, 0.25) is 0 Å². The second-order valence-corrected chi connectivity index (χ2v) is 6.49. The van der Waals surface area contributed by atoms with E-state index >= 15 is 0 Å². The molecule has 0 radical (unpaired) electrons. The molecule has 0 aromatic carbocycles. The van der Waals surface area contributed by atoms with Gasteiger partial charge in [-0.05, 0) is 24.7 Å². The quantitative estimate of drug-likeness (QED) is 0.830. The summed E-state index contributed by atoms with van der Waals surface area (Å²) in [4.78, 5) is 4.75. The lowest BCUT2D eigenvalue weighted by molar-refractivity contribution is 0.0283. The Morgan fingerprint density at radius 2 is 2.28 bits per heavy atom. The Morgan fingerprint density at radius 1 is 1.50 bits per heavy atom. The molecule has 5 heteroatoms. The van der Waals surface area contributed by atoms with Gasteiger partial charge < -0.3 is 14.8 Å². The van der Waals surface area contributed by atoms with Crippen LogP contribution in [-0.2, 0) is 9.47 Å². The molecule has 18 heavy (non-hydrogen) atoms. The number of rotatable bonds is 5. The van der Waals surface area contributed by atoms with Crippen molar-refractivity contribution in [3.05, 3.63) is 0 Å². The van der Waals surface area contributed by atoms with Crippen LogP contribution in [0.15, 0.2) is 4.99 Å². The maximum absolute atomic E-state index is 5.41.